The first-order valence-electron chi connectivity index (χ1n) is 6.72. The van der Waals surface area contributed by atoms with Crippen LogP contribution in [0.5, 0.6) is 5.75 Å². The summed E-state index contributed by atoms with van der Waals surface area (Å²) in [6, 6.07) is 11.8. The monoisotopic (exact) mass is 332 g/mol. The number of carbonyl (C=O) groups is 1. The van der Waals surface area contributed by atoms with Gasteiger partial charge in [-0.05, 0) is 11.6 Å². The Kier molecular flexibility index (Phi) is 5.40. The molecule has 124 valence electrons. The lowest BCUT2D eigenvalue weighted by molar-refractivity contribution is -0.394. The predicted octanol–water partition coefficient (Wildman–Crippen LogP) is 2.63. The molecule has 0 saturated heterocycles. The van der Waals surface area contributed by atoms with Crippen LogP contribution < -0.4 is 4.74 Å². The summed E-state index contributed by atoms with van der Waals surface area (Å²) >= 11 is 0. The first-order chi connectivity index (χ1) is 11.5. The largest absolute Gasteiger partial charge is 0.475 e. The van der Waals surface area contributed by atoms with E-state index in [-0.39, 0.29) is 12.4 Å². The Hall–Kier alpha value is -3.49. The van der Waals surface area contributed by atoms with E-state index in [1.54, 1.807) is 24.3 Å². The number of hydrogen-bond donors (Lipinski definition) is 0. The number of hydrogen-bond acceptors (Lipinski definition) is 7. The van der Waals surface area contributed by atoms with Gasteiger partial charge in [0, 0.05) is 6.07 Å². The molecular weight excluding hydrogens is 320 g/mol. The Balaban J connectivity index is 1.97. The fourth-order valence-electron chi connectivity index (χ4n) is 1.80. The molecule has 0 bridgehead atoms. The normalized spacial score (nSPS) is 10.0. The van der Waals surface area contributed by atoms with Crippen molar-refractivity contribution in [3.05, 3.63) is 74.3 Å². The van der Waals surface area contributed by atoms with Crippen LogP contribution in [0.2, 0.25) is 0 Å². The maximum absolute atomic E-state index is 11.6. The number of nitro groups is 2. The van der Waals surface area contributed by atoms with Crippen molar-refractivity contribution in [3.8, 4) is 5.75 Å². The van der Waals surface area contributed by atoms with Crippen molar-refractivity contribution in [2.45, 2.75) is 6.61 Å². The first kappa shape index (κ1) is 16.9. The molecule has 0 aliphatic carbocycles. The topological polar surface area (TPSA) is 122 Å². The molecule has 0 spiro atoms. The quantitative estimate of drug-likeness (QED) is 0.434. The van der Waals surface area contributed by atoms with Crippen LogP contribution in [-0.4, -0.2) is 22.4 Å². The molecular formula is C15H12N2O7. The minimum Gasteiger partial charge on any atom is -0.475 e. The molecule has 0 aliphatic heterocycles. The van der Waals surface area contributed by atoms with Crippen LogP contribution >= 0.6 is 0 Å². The number of nitro benzene ring substituents is 2. The van der Waals surface area contributed by atoms with Gasteiger partial charge in [-0.3, -0.25) is 20.2 Å². The van der Waals surface area contributed by atoms with Crippen molar-refractivity contribution in [1.82, 2.24) is 0 Å². The Morgan fingerprint density at radius 1 is 1.00 bits per heavy atom. The van der Waals surface area contributed by atoms with E-state index < -0.39 is 33.8 Å². The summed E-state index contributed by atoms with van der Waals surface area (Å²) in [6.45, 7) is -0.503. The molecule has 24 heavy (non-hydrogen) atoms. The number of carbonyl (C=O) groups excluding carboxylic acids is 1. The van der Waals surface area contributed by atoms with Gasteiger partial charge in [-0.15, -0.1) is 0 Å². The van der Waals surface area contributed by atoms with Gasteiger partial charge in [0.1, 0.15) is 6.61 Å². The van der Waals surface area contributed by atoms with Gasteiger partial charge >= 0.3 is 11.7 Å². The minimum absolute atomic E-state index is 0.0470. The van der Waals surface area contributed by atoms with Crippen molar-refractivity contribution < 1.29 is 24.1 Å². The van der Waals surface area contributed by atoms with E-state index in [0.29, 0.717) is 0 Å². The molecule has 0 heterocycles. The molecule has 9 heteroatoms. The van der Waals surface area contributed by atoms with Crippen molar-refractivity contribution in [3.63, 3.8) is 0 Å². The zero-order valence-electron chi connectivity index (χ0n) is 12.3. The molecule has 0 amide bonds. The van der Waals surface area contributed by atoms with Crippen molar-refractivity contribution in [1.29, 1.82) is 0 Å². The number of esters is 1. The van der Waals surface area contributed by atoms with Crippen LogP contribution in [0.25, 0.3) is 0 Å². The Labute approximate surface area is 135 Å². The maximum atomic E-state index is 11.6. The third-order valence-electron chi connectivity index (χ3n) is 2.94. The van der Waals surface area contributed by atoms with Gasteiger partial charge in [0.05, 0.1) is 15.9 Å². The third kappa shape index (κ3) is 4.50. The molecule has 0 saturated carbocycles. The lowest BCUT2D eigenvalue weighted by Gasteiger charge is -2.07. The molecule has 0 aromatic heterocycles. The summed E-state index contributed by atoms with van der Waals surface area (Å²) in [6.07, 6.45) is 0. The van der Waals surface area contributed by atoms with Gasteiger partial charge in [0.25, 0.3) is 5.69 Å². The number of non-ortho nitro benzene ring substituents is 1. The predicted molar refractivity (Wildman–Crippen MR) is 81.5 cm³/mol. The molecule has 0 aliphatic rings. The van der Waals surface area contributed by atoms with E-state index in [9.17, 15) is 25.0 Å². The van der Waals surface area contributed by atoms with Gasteiger partial charge in [-0.25, -0.2) is 4.79 Å². The molecule has 9 nitrogen and oxygen atoms in total. The number of benzene rings is 2. The van der Waals surface area contributed by atoms with E-state index in [2.05, 4.69) is 0 Å². The average Bonchev–Trinajstić information content (AvgIpc) is 2.58. The Morgan fingerprint density at radius 2 is 1.71 bits per heavy atom. The maximum Gasteiger partial charge on any atom is 0.344 e. The lowest BCUT2D eigenvalue weighted by Crippen LogP contribution is -2.15. The van der Waals surface area contributed by atoms with Gasteiger partial charge in [0.15, 0.2) is 12.4 Å². The highest BCUT2D eigenvalue weighted by atomic mass is 16.6. The molecule has 0 atom stereocenters. The van der Waals surface area contributed by atoms with E-state index in [0.717, 1.165) is 23.8 Å². The van der Waals surface area contributed by atoms with Gasteiger partial charge in [-0.1, -0.05) is 30.3 Å². The third-order valence-corrected chi connectivity index (χ3v) is 2.94. The minimum atomic E-state index is -0.822. The number of nitrogens with zero attached hydrogens (tertiary/aromatic N) is 2. The standard InChI is InChI=1S/C15H12N2O7/c18-15(24-9-11-4-2-1-3-5-11)10-23-14-7-6-12(16(19)20)8-13(14)17(21)22/h1-8H,9-10H2. The Morgan fingerprint density at radius 3 is 2.33 bits per heavy atom. The second-order valence-corrected chi connectivity index (χ2v) is 4.60. The van der Waals surface area contributed by atoms with Crippen molar-refractivity contribution >= 4 is 17.3 Å². The van der Waals surface area contributed by atoms with E-state index in [1.165, 1.54) is 0 Å². The van der Waals surface area contributed by atoms with Crippen LogP contribution in [0.4, 0.5) is 11.4 Å². The summed E-state index contributed by atoms with van der Waals surface area (Å²) in [5, 5.41) is 21.6. The van der Waals surface area contributed by atoms with E-state index in [4.69, 9.17) is 9.47 Å². The smallest absolute Gasteiger partial charge is 0.344 e. The van der Waals surface area contributed by atoms with Gasteiger partial charge < -0.3 is 9.47 Å². The fourth-order valence-corrected chi connectivity index (χ4v) is 1.80. The molecule has 0 unspecified atom stereocenters. The number of rotatable bonds is 7. The summed E-state index contributed by atoms with van der Waals surface area (Å²) in [5.74, 6) is -0.964. The molecule has 2 aromatic carbocycles. The van der Waals surface area contributed by atoms with E-state index >= 15 is 0 Å². The highest BCUT2D eigenvalue weighted by Crippen LogP contribution is 2.30. The zero-order chi connectivity index (χ0) is 17.5. The molecule has 2 rings (SSSR count). The van der Waals surface area contributed by atoms with Crippen molar-refractivity contribution in [2.24, 2.45) is 0 Å². The zero-order valence-corrected chi connectivity index (χ0v) is 12.3. The molecule has 0 radical (unpaired) electrons. The summed E-state index contributed by atoms with van der Waals surface area (Å²) < 4.78 is 10.0. The van der Waals surface area contributed by atoms with Crippen LogP contribution in [0.3, 0.4) is 0 Å². The van der Waals surface area contributed by atoms with Crippen LogP contribution in [0.15, 0.2) is 48.5 Å². The summed E-state index contributed by atoms with van der Waals surface area (Å²) in [4.78, 5) is 31.6. The SMILES string of the molecule is O=C(COc1ccc([N+](=O)[O-])cc1[N+](=O)[O-])OCc1ccccc1. The fraction of sp³-hybridized carbons (Fsp3) is 0.133. The van der Waals surface area contributed by atoms with Crippen LogP contribution in [0.1, 0.15) is 5.56 Å². The second kappa shape index (κ2) is 7.68. The molecule has 2 aromatic rings. The van der Waals surface area contributed by atoms with Crippen LogP contribution in [-0.2, 0) is 16.1 Å². The average molecular weight is 332 g/mol. The van der Waals surface area contributed by atoms with Crippen molar-refractivity contribution in [2.75, 3.05) is 6.61 Å². The van der Waals surface area contributed by atoms with Crippen LogP contribution in [0, 0.1) is 20.2 Å². The second-order valence-electron chi connectivity index (χ2n) is 4.60. The Bertz CT molecular complexity index is 762. The molecule has 0 N–H and O–H groups in total. The highest BCUT2D eigenvalue weighted by Gasteiger charge is 2.21. The molecule has 0 fully saturated rings. The lowest BCUT2D eigenvalue weighted by atomic mass is 10.2. The highest BCUT2D eigenvalue weighted by molar-refractivity contribution is 5.71. The van der Waals surface area contributed by atoms with E-state index in [1.807, 2.05) is 6.07 Å². The summed E-state index contributed by atoms with van der Waals surface area (Å²) in [5.41, 5.74) is -0.257. The first-order valence-corrected chi connectivity index (χ1v) is 6.72. The van der Waals surface area contributed by atoms with Gasteiger partial charge in [-0.2, -0.15) is 0 Å². The summed E-state index contributed by atoms with van der Waals surface area (Å²) in [7, 11) is 0. The van der Waals surface area contributed by atoms with Gasteiger partial charge in [0.2, 0.25) is 0 Å². The number of ether oxygens (including phenoxy) is 2.